The standard InChI is InChI=1S/C10H8N4O2S/c11-10-7(14(15)16)4-5-9(13-10)17-8-3-1-2-6-12-8/h1-6H,(H2,11,13). The SMILES string of the molecule is Nc1nc(Sc2ccccn2)ccc1[N+](=O)[O-]. The number of hydrogen-bond donors (Lipinski definition) is 1. The van der Waals surface area contributed by atoms with E-state index in [-0.39, 0.29) is 11.5 Å². The molecule has 0 radical (unpaired) electrons. The molecule has 2 heterocycles. The maximum atomic E-state index is 10.6. The van der Waals surface area contributed by atoms with E-state index in [4.69, 9.17) is 5.73 Å². The molecule has 0 amide bonds. The molecule has 0 fully saturated rings. The number of nitrogen functional groups attached to an aromatic ring is 1. The van der Waals surface area contributed by atoms with E-state index in [0.717, 1.165) is 5.03 Å². The minimum atomic E-state index is -0.558. The van der Waals surface area contributed by atoms with Gasteiger partial charge < -0.3 is 5.73 Å². The molecule has 0 spiro atoms. The van der Waals surface area contributed by atoms with E-state index >= 15 is 0 Å². The molecule has 0 aromatic carbocycles. The summed E-state index contributed by atoms with van der Waals surface area (Å²) in [5.41, 5.74) is 5.30. The maximum absolute atomic E-state index is 10.6. The lowest BCUT2D eigenvalue weighted by Crippen LogP contribution is -1.98. The van der Waals surface area contributed by atoms with Crippen molar-refractivity contribution < 1.29 is 4.92 Å². The van der Waals surface area contributed by atoms with Crippen molar-refractivity contribution in [3.8, 4) is 0 Å². The first kappa shape index (κ1) is 11.3. The summed E-state index contributed by atoms with van der Waals surface area (Å²) in [6, 6.07) is 8.37. The van der Waals surface area contributed by atoms with E-state index in [1.165, 1.54) is 17.8 Å². The van der Waals surface area contributed by atoms with E-state index < -0.39 is 4.92 Å². The minimum Gasteiger partial charge on any atom is -0.378 e. The third-order valence-electron chi connectivity index (χ3n) is 1.92. The molecule has 0 saturated carbocycles. The molecule has 0 atom stereocenters. The van der Waals surface area contributed by atoms with Crippen LogP contribution in [0.5, 0.6) is 0 Å². The second-order valence-electron chi connectivity index (χ2n) is 3.08. The van der Waals surface area contributed by atoms with Crippen molar-refractivity contribution in [3.63, 3.8) is 0 Å². The number of nitrogens with zero attached hydrogens (tertiary/aromatic N) is 3. The molecule has 0 aliphatic carbocycles. The van der Waals surface area contributed by atoms with Crippen molar-refractivity contribution in [2.24, 2.45) is 0 Å². The van der Waals surface area contributed by atoms with Gasteiger partial charge in [0.15, 0.2) is 0 Å². The lowest BCUT2D eigenvalue weighted by Gasteiger charge is -2.01. The van der Waals surface area contributed by atoms with E-state index in [1.54, 1.807) is 12.3 Å². The van der Waals surface area contributed by atoms with Crippen molar-refractivity contribution in [1.82, 2.24) is 9.97 Å². The van der Waals surface area contributed by atoms with Gasteiger partial charge in [-0.15, -0.1) is 0 Å². The van der Waals surface area contributed by atoms with Gasteiger partial charge in [0, 0.05) is 12.3 Å². The molecule has 2 aromatic heterocycles. The lowest BCUT2D eigenvalue weighted by atomic mass is 10.4. The van der Waals surface area contributed by atoms with Crippen LogP contribution in [0.2, 0.25) is 0 Å². The Hall–Kier alpha value is -2.15. The lowest BCUT2D eigenvalue weighted by molar-refractivity contribution is -0.384. The maximum Gasteiger partial charge on any atom is 0.311 e. The smallest absolute Gasteiger partial charge is 0.311 e. The monoisotopic (exact) mass is 248 g/mol. The predicted molar refractivity (Wildman–Crippen MR) is 63.7 cm³/mol. The summed E-state index contributed by atoms with van der Waals surface area (Å²) in [5.74, 6) is -0.0871. The summed E-state index contributed by atoms with van der Waals surface area (Å²) in [6.07, 6.45) is 1.66. The summed E-state index contributed by atoms with van der Waals surface area (Å²) in [6.45, 7) is 0. The molecule has 0 unspecified atom stereocenters. The van der Waals surface area contributed by atoms with Crippen LogP contribution in [0.25, 0.3) is 0 Å². The highest BCUT2D eigenvalue weighted by Gasteiger charge is 2.13. The molecule has 0 bridgehead atoms. The summed E-state index contributed by atoms with van der Waals surface area (Å²) in [7, 11) is 0. The van der Waals surface area contributed by atoms with Crippen molar-refractivity contribution in [2.45, 2.75) is 10.1 Å². The van der Waals surface area contributed by atoms with Crippen molar-refractivity contribution in [1.29, 1.82) is 0 Å². The number of rotatable bonds is 3. The molecule has 0 aliphatic rings. The third-order valence-corrected chi connectivity index (χ3v) is 2.81. The number of nitrogens with two attached hydrogens (primary N) is 1. The molecule has 0 aliphatic heterocycles. The van der Waals surface area contributed by atoms with Crippen LogP contribution in [0.4, 0.5) is 11.5 Å². The first-order valence-electron chi connectivity index (χ1n) is 4.66. The Labute approximate surface area is 101 Å². The van der Waals surface area contributed by atoms with Gasteiger partial charge in [0.2, 0.25) is 5.82 Å². The quantitative estimate of drug-likeness (QED) is 0.660. The predicted octanol–water partition coefficient (Wildman–Crippen LogP) is 2.12. The Morgan fingerprint density at radius 3 is 2.65 bits per heavy atom. The number of anilines is 1. The largest absolute Gasteiger partial charge is 0.378 e. The molecule has 17 heavy (non-hydrogen) atoms. The minimum absolute atomic E-state index is 0.0871. The normalized spacial score (nSPS) is 10.1. The zero-order valence-corrected chi connectivity index (χ0v) is 9.42. The van der Waals surface area contributed by atoms with E-state index in [1.807, 2.05) is 18.2 Å². The van der Waals surface area contributed by atoms with Gasteiger partial charge in [-0.05, 0) is 18.2 Å². The Bertz CT molecular complexity index is 547. The van der Waals surface area contributed by atoms with E-state index in [2.05, 4.69) is 9.97 Å². The number of aromatic nitrogens is 2. The van der Waals surface area contributed by atoms with Crippen LogP contribution in [-0.4, -0.2) is 14.9 Å². The van der Waals surface area contributed by atoms with Crippen LogP contribution in [0.1, 0.15) is 0 Å². The molecule has 2 aromatic rings. The van der Waals surface area contributed by atoms with Gasteiger partial charge in [0.05, 0.1) is 4.92 Å². The fourth-order valence-corrected chi connectivity index (χ4v) is 1.93. The highest BCUT2D eigenvalue weighted by molar-refractivity contribution is 7.99. The Kier molecular flexibility index (Phi) is 3.20. The number of pyridine rings is 2. The first-order valence-corrected chi connectivity index (χ1v) is 5.48. The van der Waals surface area contributed by atoms with Crippen molar-refractivity contribution in [3.05, 3.63) is 46.6 Å². The third kappa shape index (κ3) is 2.70. The fourth-order valence-electron chi connectivity index (χ4n) is 1.17. The van der Waals surface area contributed by atoms with Gasteiger partial charge in [-0.1, -0.05) is 17.8 Å². The number of nitro groups is 1. The van der Waals surface area contributed by atoms with Gasteiger partial charge in [-0.2, -0.15) is 0 Å². The molecular weight excluding hydrogens is 240 g/mol. The van der Waals surface area contributed by atoms with E-state index in [0.29, 0.717) is 5.03 Å². The Balaban J connectivity index is 2.24. The average Bonchev–Trinajstić information content (AvgIpc) is 2.30. The fraction of sp³-hybridized carbons (Fsp3) is 0. The van der Waals surface area contributed by atoms with Gasteiger partial charge in [0.1, 0.15) is 10.1 Å². The van der Waals surface area contributed by atoms with E-state index in [9.17, 15) is 10.1 Å². The van der Waals surface area contributed by atoms with Gasteiger partial charge >= 0.3 is 5.69 Å². The molecule has 86 valence electrons. The summed E-state index contributed by atoms with van der Waals surface area (Å²) >= 11 is 1.30. The Morgan fingerprint density at radius 1 is 1.24 bits per heavy atom. The van der Waals surface area contributed by atoms with Gasteiger partial charge in [-0.3, -0.25) is 10.1 Å². The first-order chi connectivity index (χ1) is 8.16. The molecule has 0 saturated heterocycles. The summed E-state index contributed by atoms with van der Waals surface area (Å²) < 4.78 is 0. The van der Waals surface area contributed by atoms with Crippen molar-refractivity contribution in [2.75, 3.05) is 5.73 Å². The van der Waals surface area contributed by atoms with Crippen LogP contribution in [0.3, 0.4) is 0 Å². The van der Waals surface area contributed by atoms with Crippen LogP contribution in [0, 0.1) is 10.1 Å². The van der Waals surface area contributed by atoms with Crippen molar-refractivity contribution >= 4 is 23.3 Å². The second kappa shape index (κ2) is 4.79. The second-order valence-corrected chi connectivity index (χ2v) is 4.12. The van der Waals surface area contributed by atoms with Crippen LogP contribution in [-0.2, 0) is 0 Å². The molecule has 7 heteroatoms. The number of hydrogen-bond acceptors (Lipinski definition) is 6. The molecule has 2 N–H and O–H groups in total. The van der Waals surface area contributed by atoms with Crippen LogP contribution >= 0.6 is 11.8 Å². The zero-order chi connectivity index (χ0) is 12.3. The molecule has 6 nitrogen and oxygen atoms in total. The summed E-state index contributed by atoms with van der Waals surface area (Å²) in [5, 5.41) is 11.9. The van der Waals surface area contributed by atoms with Crippen LogP contribution in [0.15, 0.2) is 46.6 Å². The molecule has 2 rings (SSSR count). The van der Waals surface area contributed by atoms with Gasteiger partial charge in [-0.25, -0.2) is 9.97 Å². The Morgan fingerprint density at radius 2 is 2.06 bits per heavy atom. The van der Waals surface area contributed by atoms with Crippen LogP contribution < -0.4 is 5.73 Å². The highest BCUT2D eigenvalue weighted by atomic mass is 32.2. The molecular formula is C10H8N4O2S. The average molecular weight is 248 g/mol. The topological polar surface area (TPSA) is 94.9 Å². The highest BCUT2D eigenvalue weighted by Crippen LogP contribution is 2.27. The summed E-state index contributed by atoms with van der Waals surface area (Å²) in [4.78, 5) is 18.1. The zero-order valence-electron chi connectivity index (χ0n) is 8.61. The van der Waals surface area contributed by atoms with Gasteiger partial charge in [0.25, 0.3) is 0 Å².